The summed E-state index contributed by atoms with van der Waals surface area (Å²) in [5, 5.41) is -0.818. The van der Waals surface area contributed by atoms with Crippen molar-refractivity contribution >= 4 is 33.7 Å². The van der Waals surface area contributed by atoms with Crippen LogP contribution in [0.4, 0.5) is 0 Å². The first-order chi connectivity index (χ1) is 14.3. The molecule has 0 spiro atoms. The lowest BCUT2D eigenvalue weighted by Crippen LogP contribution is -2.27. The molecule has 0 heterocycles. The summed E-state index contributed by atoms with van der Waals surface area (Å²) < 4.78 is 26.0. The molecule has 30 heavy (non-hydrogen) atoms. The lowest BCUT2D eigenvalue weighted by Gasteiger charge is -2.16. The Kier molecular flexibility index (Phi) is 6.90. The van der Waals surface area contributed by atoms with Crippen LogP contribution in [0, 0.1) is 13.8 Å². The van der Waals surface area contributed by atoms with Crippen molar-refractivity contribution in [1.29, 1.82) is 0 Å². The van der Waals surface area contributed by atoms with Gasteiger partial charge in [-0.05, 0) is 38.1 Å². The fourth-order valence-corrected chi connectivity index (χ4v) is 5.86. The van der Waals surface area contributed by atoms with Crippen molar-refractivity contribution in [3.63, 3.8) is 0 Å². The zero-order valence-electron chi connectivity index (χ0n) is 16.7. The van der Waals surface area contributed by atoms with Crippen molar-refractivity contribution in [2.45, 2.75) is 28.9 Å². The van der Waals surface area contributed by atoms with Crippen LogP contribution in [0.1, 0.15) is 31.8 Å². The molecular formula is C24H22O4S2. The van der Waals surface area contributed by atoms with Crippen molar-refractivity contribution in [3.8, 4) is 0 Å². The molecule has 3 rings (SSSR count). The van der Waals surface area contributed by atoms with E-state index >= 15 is 0 Å². The second kappa shape index (κ2) is 9.41. The molecule has 0 aliphatic carbocycles. The molecule has 0 aliphatic rings. The Morgan fingerprint density at radius 3 is 1.93 bits per heavy atom. The molecule has 0 amide bonds. The molecule has 0 N–H and O–H groups in total. The van der Waals surface area contributed by atoms with Gasteiger partial charge < -0.3 is 0 Å². The van der Waals surface area contributed by atoms with Gasteiger partial charge in [0.1, 0.15) is 6.29 Å². The van der Waals surface area contributed by atoms with E-state index in [1.54, 1.807) is 48.5 Å². The molecule has 4 nitrogen and oxygen atoms in total. The van der Waals surface area contributed by atoms with Gasteiger partial charge in [0.25, 0.3) is 0 Å². The summed E-state index contributed by atoms with van der Waals surface area (Å²) in [5.41, 5.74) is 2.88. The maximum atomic E-state index is 13.2. The highest BCUT2D eigenvalue weighted by Crippen LogP contribution is 2.29. The molecule has 154 valence electrons. The number of hydrogen-bond acceptors (Lipinski definition) is 5. The monoisotopic (exact) mass is 438 g/mol. The summed E-state index contributed by atoms with van der Waals surface area (Å²) in [6.45, 7) is 3.85. The highest BCUT2D eigenvalue weighted by atomic mass is 32.2. The Morgan fingerprint density at radius 2 is 1.40 bits per heavy atom. The van der Waals surface area contributed by atoms with Gasteiger partial charge in [0.05, 0.1) is 15.9 Å². The number of Topliss-reactive ketones (excluding diaryl/α,β-unsaturated/α-hetero) is 1. The number of aldehydes is 1. The maximum absolute atomic E-state index is 13.2. The molecule has 1 unspecified atom stereocenters. The largest absolute Gasteiger partial charge is 0.298 e. The lowest BCUT2D eigenvalue weighted by atomic mass is 10.1. The third kappa shape index (κ3) is 5.46. The third-order valence-corrected chi connectivity index (χ3v) is 7.86. The van der Waals surface area contributed by atoms with Crippen molar-refractivity contribution in [2.75, 3.05) is 5.75 Å². The summed E-state index contributed by atoms with van der Waals surface area (Å²) in [7, 11) is -3.67. The summed E-state index contributed by atoms with van der Waals surface area (Å²) in [6, 6.07) is 20.5. The first kappa shape index (κ1) is 22.0. The van der Waals surface area contributed by atoms with E-state index in [9.17, 15) is 18.0 Å². The smallest absolute Gasteiger partial charge is 0.179 e. The molecule has 0 fully saturated rings. The molecule has 3 aromatic rings. The quantitative estimate of drug-likeness (QED) is 0.283. The average Bonchev–Trinajstić information content (AvgIpc) is 2.74. The Morgan fingerprint density at radius 1 is 0.867 bits per heavy atom. The summed E-state index contributed by atoms with van der Waals surface area (Å²) in [5.74, 6) is -0.600. The van der Waals surface area contributed by atoms with Crippen LogP contribution in [-0.2, 0) is 9.84 Å². The van der Waals surface area contributed by atoms with Crippen LogP contribution in [-0.4, -0.2) is 31.5 Å². The van der Waals surface area contributed by atoms with E-state index in [-0.39, 0.29) is 16.4 Å². The van der Waals surface area contributed by atoms with Crippen LogP contribution < -0.4 is 0 Å². The van der Waals surface area contributed by atoms with Crippen molar-refractivity contribution < 1.29 is 18.0 Å². The number of sulfone groups is 1. The fourth-order valence-electron chi connectivity index (χ4n) is 2.90. The van der Waals surface area contributed by atoms with Gasteiger partial charge in [0.15, 0.2) is 15.6 Å². The Hall–Kier alpha value is -2.70. The van der Waals surface area contributed by atoms with E-state index in [0.29, 0.717) is 17.4 Å². The van der Waals surface area contributed by atoms with Crippen LogP contribution in [0.5, 0.6) is 0 Å². The van der Waals surface area contributed by atoms with Crippen LogP contribution >= 0.6 is 11.8 Å². The molecule has 0 saturated heterocycles. The molecular weight excluding hydrogens is 416 g/mol. The summed E-state index contributed by atoms with van der Waals surface area (Å²) >= 11 is 1.24. The zero-order valence-corrected chi connectivity index (χ0v) is 18.4. The molecule has 0 radical (unpaired) electrons. The standard InChI is InChI=1S/C24H22O4S2/c1-17-3-11-21(12-4-17)29-23(24(26)20-9-7-19(15-25)8-10-20)16-30(27,28)22-13-5-18(2)6-14-22/h3-15,23H,16H2,1-2H3. The maximum Gasteiger partial charge on any atom is 0.179 e. The molecule has 1 atom stereocenters. The number of aryl methyl sites for hydroxylation is 2. The van der Waals surface area contributed by atoms with Gasteiger partial charge in [-0.3, -0.25) is 9.59 Å². The molecule has 3 aromatic carbocycles. The van der Waals surface area contributed by atoms with Crippen LogP contribution in [0.2, 0.25) is 0 Å². The number of ketones is 1. The van der Waals surface area contributed by atoms with Crippen molar-refractivity contribution in [3.05, 3.63) is 95.1 Å². The van der Waals surface area contributed by atoms with E-state index in [2.05, 4.69) is 0 Å². The number of benzene rings is 3. The average molecular weight is 439 g/mol. The molecule has 0 aliphatic heterocycles. The van der Waals surface area contributed by atoms with Gasteiger partial charge >= 0.3 is 0 Å². The van der Waals surface area contributed by atoms with Gasteiger partial charge in [-0.1, -0.05) is 59.7 Å². The first-order valence-electron chi connectivity index (χ1n) is 9.41. The Balaban J connectivity index is 1.93. The topological polar surface area (TPSA) is 68.3 Å². The molecule has 0 bridgehead atoms. The first-order valence-corrected chi connectivity index (χ1v) is 11.9. The normalized spacial score (nSPS) is 12.3. The molecule has 0 aromatic heterocycles. The van der Waals surface area contributed by atoms with Gasteiger partial charge in [-0.25, -0.2) is 8.42 Å². The predicted octanol–water partition coefficient (Wildman–Crippen LogP) is 4.93. The molecule has 6 heteroatoms. The second-order valence-corrected chi connectivity index (χ2v) is 10.4. The van der Waals surface area contributed by atoms with E-state index < -0.39 is 15.1 Å². The van der Waals surface area contributed by atoms with Crippen LogP contribution in [0.15, 0.2) is 82.6 Å². The van der Waals surface area contributed by atoms with E-state index in [1.165, 1.54) is 11.8 Å². The van der Waals surface area contributed by atoms with Crippen LogP contribution in [0.25, 0.3) is 0 Å². The van der Waals surface area contributed by atoms with Crippen molar-refractivity contribution in [1.82, 2.24) is 0 Å². The lowest BCUT2D eigenvalue weighted by molar-refractivity contribution is 0.0993. The van der Waals surface area contributed by atoms with Gasteiger partial charge in [0.2, 0.25) is 0 Å². The van der Waals surface area contributed by atoms with E-state index in [4.69, 9.17) is 0 Å². The number of carbonyl (C=O) groups excluding carboxylic acids is 2. The number of rotatable bonds is 8. The van der Waals surface area contributed by atoms with Gasteiger partial charge in [0, 0.05) is 16.0 Å². The minimum Gasteiger partial charge on any atom is -0.298 e. The number of carbonyl (C=O) groups is 2. The van der Waals surface area contributed by atoms with Gasteiger partial charge in [-0.2, -0.15) is 0 Å². The Bertz CT molecular complexity index is 1130. The van der Waals surface area contributed by atoms with Crippen LogP contribution in [0.3, 0.4) is 0 Å². The highest BCUT2D eigenvalue weighted by Gasteiger charge is 2.28. The minimum absolute atomic E-state index is 0.201. The van der Waals surface area contributed by atoms with Gasteiger partial charge in [-0.15, -0.1) is 11.8 Å². The third-order valence-electron chi connectivity index (χ3n) is 4.67. The highest BCUT2D eigenvalue weighted by molar-refractivity contribution is 8.02. The fraction of sp³-hybridized carbons (Fsp3) is 0.167. The van der Waals surface area contributed by atoms with E-state index in [1.807, 2.05) is 38.1 Å². The summed E-state index contributed by atoms with van der Waals surface area (Å²) in [4.78, 5) is 25.1. The zero-order chi connectivity index (χ0) is 21.7. The molecule has 0 saturated carbocycles. The number of thioether (sulfide) groups is 1. The second-order valence-electron chi connectivity index (χ2n) is 7.12. The van der Waals surface area contributed by atoms with E-state index in [0.717, 1.165) is 16.0 Å². The SMILES string of the molecule is Cc1ccc(SC(CS(=O)(=O)c2ccc(C)cc2)C(=O)c2ccc(C=O)cc2)cc1. The minimum atomic E-state index is -3.67. The number of hydrogen-bond donors (Lipinski definition) is 0. The Labute approximate surface area is 181 Å². The predicted molar refractivity (Wildman–Crippen MR) is 120 cm³/mol. The van der Waals surface area contributed by atoms with Crippen molar-refractivity contribution in [2.24, 2.45) is 0 Å². The summed E-state index contributed by atoms with van der Waals surface area (Å²) in [6.07, 6.45) is 0.703.